The van der Waals surface area contributed by atoms with E-state index in [0.29, 0.717) is 30.2 Å². The van der Waals surface area contributed by atoms with E-state index < -0.39 is 5.60 Å². The second-order valence-corrected chi connectivity index (χ2v) is 11.4. The lowest BCUT2D eigenvalue weighted by atomic mass is 9.94. The van der Waals surface area contributed by atoms with Crippen LogP contribution in [0.15, 0.2) is 61.1 Å². The molecule has 8 heteroatoms. The Kier molecular flexibility index (Phi) is 6.22. The lowest BCUT2D eigenvalue weighted by Crippen LogP contribution is -2.48. The molecule has 0 aliphatic carbocycles. The average Bonchev–Trinajstić information content (AvgIpc) is 3.66. The highest BCUT2D eigenvalue weighted by atomic mass is 16.3. The first-order chi connectivity index (χ1) is 18.7. The number of hydrogen-bond acceptors (Lipinski definition) is 5. The predicted octanol–water partition coefficient (Wildman–Crippen LogP) is 5.04. The summed E-state index contributed by atoms with van der Waals surface area (Å²) in [6.45, 7) is 7.01. The van der Waals surface area contributed by atoms with Crippen molar-refractivity contribution in [1.29, 1.82) is 0 Å². The summed E-state index contributed by atoms with van der Waals surface area (Å²) in [5.74, 6) is 0.369. The zero-order valence-corrected chi connectivity index (χ0v) is 22.5. The number of aliphatic hydroxyl groups is 1. The number of amides is 2. The molecule has 2 aliphatic heterocycles. The normalized spacial score (nSPS) is 19.8. The van der Waals surface area contributed by atoms with Gasteiger partial charge in [0.25, 0.3) is 5.91 Å². The Morgan fingerprint density at radius 2 is 1.85 bits per heavy atom. The molecule has 5 heterocycles. The van der Waals surface area contributed by atoms with E-state index in [1.807, 2.05) is 53.7 Å². The lowest BCUT2D eigenvalue weighted by molar-refractivity contribution is -0.117. The highest BCUT2D eigenvalue weighted by Gasteiger charge is 2.42. The SMILES string of the molecule is C[C@@H]1C[C@@H](C(C)(C)O)N(C(=O)c2cc3c(-c4cncc(-c5ccc(N6CCCC6=O)cc5)c4)ccnc3[nH]2)C1. The number of carbonyl (C=O) groups is 2. The summed E-state index contributed by atoms with van der Waals surface area (Å²) < 4.78 is 0. The topological polar surface area (TPSA) is 102 Å². The second-order valence-electron chi connectivity index (χ2n) is 11.4. The van der Waals surface area contributed by atoms with Gasteiger partial charge in [0.15, 0.2) is 0 Å². The van der Waals surface area contributed by atoms with E-state index in [9.17, 15) is 14.7 Å². The summed E-state index contributed by atoms with van der Waals surface area (Å²) in [7, 11) is 0. The number of fused-ring (bicyclic) bond motifs is 1. The van der Waals surface area contributed by atoms with Gasteiger partial charge in [-0.1, -0.05) is 19.1 Å². The van der Waals surface area contributed by atoms with E-state index in [2.05, 4.69) is 27.9 Å². The van der Waals surface area contributed by atoms with E-state index in [1.165, 1.54) is 0 Å². The van der Waals surface area contributed by atoms with Crippen LogP contribution in [-0.2, 0) is 4.79 Å². The van der Waals surface area contributed by atoms with Crippen molar-refractivity contribution in [3.8, 4) is 22.3 Å². The van der Waals surface area contributed by atoms with Gasteiger partial charge >= 0.3 is 0 Å². The molecule has 200 valence electrons. The smallest absolute Gasteiger partial charge is 0.270 e. The fraction of sp³-hybridized carbons (Fsp3) is 0.355. The second kappa shape index (κ2) is 9.61. The number of benzene rings is 1. The third kappa shape index (κ3) is 4.69. The third-order valence-corrected chi connectivity index (χ3v) is 7.98. The number of nitrogens with zero attached hydrogens (tertiary/aromatic N) is 4. The molecule has 8 nitrogen and oxygen atoms in total. The van der Waals surface area contributed by atoms with Gasteiger partial charge in [0.1, 0.15) is 11.3 Å². The van der Waals surface area contributed by atoms with Crippen LogP contribution in [0.25, 0.3) is 33.3 Å². The number of anilines is 1. The number of aromatic amines is 1. The van der Waals surface area contributed by atoms with Gasteiger partial charge in [-0.05, 0) is 74.1 Å². The standard InChI is InChI=1S/C31H33N5O3/c1-19-13-27(31(2,3)39)36(18-19)30(38)26-15-25-24(10-11-33-29(25)34-26)22-14-21(16-32-17-22)20-6-8-23(9-7-20)35-12-4-5-28(35)37/h6-11,14-17,19,27,39H,4-5,12-13,18H2,1-3H3,(H,33,34)/t19-,27+/m1/s1. The molecule has 0 spiro atoms. The number of hydrogen-bond donors (Lipinski definition) is 2. The monoisotopic (exact) mass is 523 g/mol. The zero-order chi connectivity index (χ0) is 27.3. The van der Waals surface area contributed by atoms with Crippen molar-refractivity contribution in [3.63, 3.8) is 0 Å². The van der Waals surface area contributed by atoms with Crippen molar-refractivity contribution in [2.75, 3.05) is 18.0 Å². The summed E-state index contributed by atoms with van der Waals surface area (Å²) in [6.07, 6.45) is 7.65. The first-order valence-electron chi connectivity index (χ1n) is 13.6. The molecule has 0 radical (unpaired) electrons. The number of nitrogens with one attached hydrogen (secondary N) is 1. The molecule has 0 bridgehead atoms. The summed E-state index contributed by atoms with van der Waals surface area (Å²) in [5.41, 5.74) is 4.85. The molecular formula is C31H33N5O3. The van der Waals surface area contributed by atoms with Gasteiger partial charge in [-0.2, -0.15) is 0 Å². The Hall–Kier alpha value is -4.04. The highest BCUT2D eigenvalue weighted by Crippen LogP contribution is 2.34. The fourth-order valence-electron chi connectivity index (χ4n) is 5.99. The van der Waals surface area contributed by atoms with Crippen LogP contribution >= 0.6 is 0 Å². The maximum absolute atomic E-state index is 13.6. The van der Waals surface area contributed by atoms with Gasteiger partial charge < -0.3 is 19.9 Å². The number of likely N-dealkylation sites (tertiary alicyclic amines) is 1. The van der Waals surface area contributed by atoms with Crippen LogP contribution in [0.1, 0.15) is 50.5 Å². The Balaban J connectivity index is 1.31. The fourth-order valence-corrected chi connectivity index (χ4v) is 5.99. The van der Waals surface area contributed by atoms with Gasteiger partial charge in [-0.3, -0.25) is 14.6 Å². The summed E-state index contributed by atoms with van der Waals surface area (Å²) in [4.78, 5) is 41.5. The first kappa shape index (κ1) is 25.2. The Morgan fingerprint density at radius 3 is 2.56 bits per heavy atom. The molecule has 0 unspecified atom stereocenters. The van der Waals surface area contributed by atoms with Crippen LogP contribution < -0.4 is 4.90 Å². The maximum atomic E-state index is 13.6. The van der Waals surface area contributed by atoms with E-state index in [1.54, 1.807) is 24.9 Å². The van der Waals surface area contributed by atoms with Crippen LogP contribution in [0, 0.1) is 5.92 Å². The molecule has 1 aromatic carbocycles. The zero-order valence-electron chi connectivity index (χ0n) is 22.5. The molecule has 2 aliphatic rings. The van der Waals surface area contributed by atoms with Crippen molar-refractivity contribution in [2.45, 2.75) is 51.7 Å². The van der Waals surface area contributed by atoms with Crippen LogP contribution in [-0.4, -0.2) is 61.5 Å². The average molecular weight is 524 g/mol. The van der Waals surface area contributed by atoms with Gasteiger partial charge in [0.05, 0.1) is 11.6 Å². The van der Waals surface area contributed by atoms with Crippen molar-refractivity contribution < 1.29 is 14.7 Å². The van der Waals surface area contributed by atoms with Crippen molar-refractivity contribution in [1.82, 2.24) is 19.9 Å². The summed E-state index contributed by atoms with van der Waals surface area (Å²) >= 11 is 0. The molecule has 39 heavy (non-hydrogen) atoms. The van der Waals surface area contributed by atoms with Gasteiger partial charge in [-0.25, -0.2) is 4.98 Å². The van der Waals surface area contributed by atoms with E-state index in [-0.39, 0.29) is 17.9 Å². The lowest BCUT2D eigenvalue weighted by Gasteiger charge is -2.33. The predicted molar refractivity (Wildman–Crippen MR) is 151 cm³/mol. The van der Waals surface area contributed by atoms with Crippen LogP contribution in [0.5, 0.6) is 0 Å². The van der Waals surface area contributed by atoms with Crippen molar-refractivity contribution >= 4 is 28.5 Å². The highest BCUT2D eigenvalue weighted by molar-refractivity contribution is 6.02. The van der Waals surface area contributed by atoms with Crippen molar-refractivity contribution in [2.24, 2.45) is 5.92 Å². The molecule has 2 fully saturated rings. The minimum Gasteiger partial charge on any atom is -0.388 e. The molecule has 6 rings (SSSR count). The molecule has 2 saturated heterocycles. The number of aromatic nitrogens is 3. The molecular weight excluding hydrogens is 490 g/mol. The minimum absolute atomic E-state index is 0.126. The van der Waals surface area contributed by atoms with E-state index in [4.69, 9.17) is 0 Å². The molecule has 2 atom stereocenters. The van der Waals surface area contributed by atoms with Gasteiger partial charge in [0, 0.05) is 60.3 Å². The van der Waals surface area contributed by atoms with Crippen LogP contribution in [0.3, 0.4) is 0 Å². The molecule has 0 saturated carbocycles. The minimum atomic E-state index is -0.982. The van der Waals surface area contributed by atoms with Crippen LogP contribution in [0.2, 0.25) is 0 Å². The largest absolute Gasteiger partial charge is 0.388 e. The molecule has 2 amide bonds. The Morgan fingerprint density at radius 1 is 1.08 bits per heavy atom. The summed E-state index contributed by atoms with van der Waals surface area (Å²) in [5, 5.41) is 11.5. The Labute approximate surface area is 227 Å². The van der Waals surface area contributed by atoms with E-state index >= 15 is 0 Å². The quantitative estimate of drug-likeness (QED) is 0.382. The third-order valence-electron chi connectivity index (χ3n) is 7.98. The first-order valence-corrected chi connectivity index (χ1v) is 13.6. The van der Waals surface area contributed by atoms with Gasteiger partial charge in [-0.15, -0.1) is 0 Å². The summed E-state index contributed by atoms with van der Waals surface area (Å²) in [6, 6.07) is 13.7. The molecule has 3 aromatic heterocycles. The molecule has 2 N–H and O–H groups in total. The number of carbonyl (C=O) groups excluding carboxylic acids is 2. The van der Waals surface area contributed by atoms with Crippen LogP contribution in [0.4, 0.5) is 5.69 Å². The number of rotatable bonds is 5. The molecule has 4 aromatic rings. The van der Waals surface area contributed by atoms with Crippen molar-refractivity contribution in [3.05, 3.63) is 66.7 Å². The van der Waals surface area contributed by atoms with Gasteiger partial charge in [0.2, 0.25) is 5.91 Å². The number of H-pyrrole nitrogens is 1. The maximum Gasteiger partial charge on any atom is 0.270 e. The number of pyridine rings is 2. The van der Waals surface area contributed by atoms with E-state index in [0.717, 1.165) is 52.7 Å². The Bertz CT molecular complexity index is 1550.